The summed E-state index contributed by atoms with van der Waals surface area (Å²) in [5.41, 5.74) is 0.323. The van der Waals surface area contributed by atoms with Crippen molar-refractivity contribution in [2.45, 2.75) is 89.8 Å². The first-order chi connectivity index (χ1) is 16.8. The minimum Gasteiger partial charge on any atom is -0.467 e. The molecular weight excluding hydrogens is 484 g/mol. The van der Waals surface area contributed by atoms with Gasteiger partial charge in [0.1, 0.15) is 12.1 Å². The molecular formula is C25H40N4O6S. The third-order valence-corrected chi connectivity index (χ3v) is 8.18. The van der Waals surface area contributed by atoms with Gasteiger partial charge in [0.05, 0.1) is 13.7 Å². The smallest absolute Gasteiger partial charge is 0.328 e. The van der Waals surface area contributed by atoms with E-state index >= 15 is 0 Å². The number of nitrogens with one attached hydrogen (secondary N) is 4. The molecule has 4 N–H and O–H groups in total. The molecule has 0 aromatic heterocycles. The maximum Gasteiger partial charge on any atom is 0.328 e. The Kier molecular flexibility index (Phi) is 8.63. The van der Waals surface area contributed by atoms with Gasteiger partial charge in [0.2, 0.25) is 23.6 Å². The summed E-state index contributed by atoms with van der Waals surface area (Å²) in [5, 5.41) is 10.9. The van der Waals surface area contributed by atoms with Crippen LogP contribution in [0.15, 0.2) is 0 Å². The molecule has 0 heterocycles. The molecule has 0 radical (unpaired) electrons. The fraction of sp³-hybridized carbons (Fsp3) is 0.800. The van der Waals surface area contributed by atoms with Gasteiger partial charge in [0, 0.05) is 24.6 Å². The molecule has 10 nitrogen and oxygen atoms in total. The highest BCUT2D eigenvalue weighted by molar-refractivity contribution is 7.80. The van der Waals surface area contributed by atoms with Crippen LogP contribution in [-0.4, -0.2) is 66.6 Å². The maximum atomic E-state index is 12.8. The zero-order valence-electron chi connectivity index (χ0n) is 21.7. The summed E-state index contributed by atoms with van der Waals surface area (Å²) in [5.74, 6) is -1.62. The second-order valence-corrected chi connectivity index (χ2v) is 12.2. The molecule has 4 aliphatic rings. The van der Waals surface area contributed by atoms with Crippen LogP contribution in [0.1, 0.15) is 72.1 Å². The zero-order chi connectivity index (χ0) is 26.7. The number of ether oxygens (including phenoxy) is 1. The van der Waals surface area contributed by atoms with Crippen LogP contribution < -0.4 is 21.3 Å². The number of carbonyl (C=O) groups excluding carboxylic acids is 5. The second-order valence-electron chi connectivity index (χ2n) is 11.8. The largest absolute Gasteiger partial charge is 0.467 e. The van der Waals surface area contributed by atoms with Crippen molar-refractivity contribution in [3.63, 3.8) is 0 Å². The molecule has 202 valence electrons. The average Bonchev–Trinajstić information content (AvgIpc) is 2.74. The van der Waals surface area contributed by atoms with Crippen molar-refractivity contribution in [2.24, 2.45) is 16.7 Å². The van der Waals surface area contributed by atoms with Crippen molar-refractivity contribution in [1.82, 2.24) is 21.3 Å². The van der Waals surface area contributed by atoms with Gasteiger partial charge in [0.15, 0.2) is 0 Å². The first kappa shape index (κ1) is 28.3. The van der Waals surface area contributed by atoms with Crippen LogP contribution in [-0.2, 0) is 28.7 Å². The number of hydrogen-bond donors (Lipinski definition) is 5. The van der Waals surface area contributed by atoms with Crippen molar-refractivity contribution in [3.05, 3.63) is 0 Å². The molecule has 4 fully saturated rings. The third-order valence-electron chi connectivity index (χ3n) is 7.81. The van der Waals surface area contributed by atoms with Crippen LogP contribution >= 0.6 is 12.6 Å². The van der Waals surface area contributed by atoms with Crippen LogP contribution in [0, 0.1) is 16.7 Å². The van der Waals surface area contributed by atoms with Gasteiger partial charge in [-0.2, -0.15) is 12.6 Å². The molecule has 0 aromatic carbocycles. The number of esters is 1. The van der Waals surface area contributed by atoms with Gasteiger partial charge in [-0.05, 0) is 61.7 Å². The second kappa shape index (κ2) is 11.0. The van der Waals surface area contributed by atoms with E-state index in [-0.39, 0.29) is 47.4 Å². The van der Waals surface area contributed by atoms with Crippen LogP contribution in [0.25, 0.3) is 0 Å². The Bertz CT molecular complexity index is 893. The number of carbonyl (C=O) groups is 5. The molecule has 0 aromatic rings. The lowest BCUT2D eigenvalue weighted by molar-refractivity contribution is -0.145. The fourth-order valence-electron chi connectivity index (χ4n) is 7.59. The van der Waals surface area contributed by atoms with E-state index in [2.05, 4.69) is 52.5 Å². The van der Waals surface area contributed by atoms with E-state index in [1.54, 1.807) is 0 Å². The highest BCUT2D eigenvalue weighted by atomic mass is 32.1. The monoisotopic (exact) mass is 524 g/mol. The zero-order valence-corrected chi connectivity index (χ0v) is 22.6. The summed E-state index contributed by atoms with van der Waals surface area (Å²) in [7, 11) is 1.19. The summed E-state index contributed by atoms with van der Waals surface area (Å²) in [6.07, 6.45) is 6.52. The summed E-state index contributed by atoms with van der Waals surface area (Å²) in [6.45, 7) is 5.76. The lowest BCUT2D eigenvalue weighted by Crippen LogP contribution is -2.66. The van der Waals surface area contributed by atoms with E-state index in [1.165, 1.54) is 33.3 Å². The van der Waals surface area contributed by atoms with Crippen molar-refractivity contribution >= 4 is 42.2 Å². The lowest BCUT2D eigenvalue weighted by Gasteiger charge is -2.65. The van der Waals surface area contributed by atoms with Crippen molar-refractivity contribution in [1.29, 1.82) is 0 Å². The van der Waals surface area contributed by atoms with E-state index in [0.717, 1.165) is 19.3 Å². The topological polar surface area (TPSA) is 143 Å². The molecule has 4 saturated carbocycles. The van der Waals surface area contributed by atoms with Gasteiger partial charge >= 0.3 is 5.97 Å². The van der Waals surface area contributed by atoms with Gasteiger partial charge in [0.25, 0.3) is 0 Å². The number of hydrogen-bond acceptors (Lipinski definition) is 7. The van der Waals surface area contributed by atoms with Gasteiger partial charge in [-0.15, -0.1) is 0 Å². The molecule has 4 amide bonds. The quantitative estimate of drug-likeness (QED) is 0.200. The Balaban J connectivity index is 1.46. The lowest BCUT2D eigenvalue weighted by atomic mass is 9.43. The van der Waals surface area contributed by atoms with Gasteiger partial charge < -0.3 is 26.0 Å². The number of methoxy groups -OCH3 is 1. The van der Waals surface area contributed by atoms with Gasteiger partial charge in [-0.25, -0.2) is 4.79 Å². The third kappa shape index (κ3) is 6.92. The van der Waals surface area contributed by atoms with E-state index in [0.29, 0.717) is 5.92 Å². The highest BCUT2D eigenvalue weighted by Gasteiger charge is 2.60. The molecule has 0 saturated heterocycles. The Morgan fingerprint density at radius 1 is 0.944 bits per heavy atom. The fourth-order valence-corrected chi connectivity index (χ4v) is 7.85. The van der Waals surface area contributed by atoms with Crippen molar-refractivity contribution in [2.75, 3.05) is 19.4 Å². The molecule has 0 spiro atoms. The van der Waals surface area contributed by atoms with Crippen LogP contribution in [0.3, 0.4) is 0 Å². The standard InChI is InChI=1S/C25H40N4O6S/c1-15(30)27-17(22(34)35-4)5-6-19(31)28-18(11-36)21(33)26-10-20(32)29-25-9-16-7-23(2,13-25)12-24(3,8-16)14-25/h16-18,36H,5-14H2,1-4H3,(H,26,33)(H,27,30)(H,28,31)(H,29,32)/t16?,17-,18-,23-,24+,25?/m0/s1. The van der Waals surface area contributed by atoms with E-state index in [4.69, 9.17) is 0 Å². The van der Waals surface area contributed by atoms with Crippen LogP contribution in [0.2, 0.25) is 0 Å². The van der Waals surface area contributed by atoms with E-state index < -0.39 is 35.8 Å². The number of rotatable bonds is 11. The minimum absolute atomic E-state index is 0.0162. The Labute approximate surface area is 218 Å². The Morgan fingerprint density at radius 3 is 2.11 bits per heavy atom. The Morgan fingerprint density at radius 2 is 1.58 bits per heavy atom. The molecule has 4 aliphatic carbocycles. The minimum atomic E-state index is -0.959. The molecule has 11 heteroatoms. The van der Waals surface area contributed by atoms with Crippen molar-refractivity contribution in [3.8, 4) is 0 Å². The summed E-state index contributed by atoms with van der Waals surface area (Å²) < 4.78 is 4.64. The Hall–Kier alpha value is -2.30. The van der Waals surface area contributed by atoms with Gasteiger partial charge in [-0.1, -0.05) is 13.8 Å². The first-order valence-electron chi connectivity index (χ1n) is 12.6. The SMILES string of the molecule is COC(=O)[C@H](CCC(=O)N[C@@H](CS)C(=O)NCC(=O)NC12CC3C[C@@](C)(C1)C[C@](C)(C3)C2)NC(C)=O. The molecule has 4 bridgehead atoms. The van der Waals surface area contributed by atoms with E-state index in [9.17, 15) is 24.0 Å². The normalized spacial score (nSPS) is 31.6. The molecule has 36 heavy (non-hydrogen) atoms. The number of thiol groups is 1. The number of amides is 4. The van der Waals surface area contributed by atoms with E-state index in [1.807, 2.05) is 0 Å². The predicted molar refractivity (Wildman–Crippen MR) is 136 cm³/mol. The van der Waals surface area contributed by atoms with Gasteiger partial charge in [-0.3, -0.25) is 19.2 Å². The van der Waals surface area contributed by atoms with Crippen molar-refractivity contribution < 1.29 is 28.7 Å². The molecule has 2 unspecified atom stereocenters. The summed E-state index contributed by atoms with van der Waals surface area (Å²) >= 11 is 4.15. The highest BCUT2D eigenvalue weighted by Crippen LogP contribution is 2.66. The summed E-state index contributed by atoms with van der Waals surface area (Å²) in [4.78, 5) is 60.9. The molecule has 4 rings (SSSR count). The first-order valence-corrected chi connectivity index (χ1v) is 13.3. The predicted octanol–water partition coefficient (Wildman–Crippen LogP) is 0.840. The average molecular weight is 525 g/mol. The maximum absolute atomic E-state index is 12.8. The molecule has 0 aliphatic heterocycles. The van der Waals surface area contributed by atoms with Crippen LogP contribution in [0.5, 0.6) is 0 Å². The summed E-state index contributed by atoms with van der Waals surface area (Å²) in [6, 6.07) is -1.90. The van der Waals surface area contributed by atoms with Crippen LogP contribution in [0.4, 0.5) is 0 Å². The molecule has 6 atom stereocenters.